The van der Waals surface area contributed by atoms with E-state index in [-0.39, 0.29) is 6.61 Å². The number of carbonyl (C=O) groups is 1. The first-order valence-electron chi connectivity index (χ1n) is 6.30. The first kappa shape index (κ1) is 14.8. The number of hydrogen-bond acceptors (Lipinski definition) is 3. The number of halogens is 1. The van der Waals surface area contributed by atoms with Crippen molar-refractivity contribution in [2.24, 2.45) is 0 Å². The van der Waals surface area contributed by atoms with Crippen LogP contribution in [0.3, 0.4) is 0 Å². The third kappa shape index (κ3) is 3.08. The first-order valence-corrected chi connectivity index (χ1v) is 7.09. The average Bonchev–Trinajstić information content (AvgIpc) is 2.48. The van der Waals surface area contributed by atoms with Crippen LogP contribution in [0, 0.1) is 0 Å². The molecule has 0 radical (unpaired) electrons. The molecule has 0 aromatic heterocycles. The highest BCUT2D eigenvalue weighted by molar-refractivity contribution is 9.10. The van der Waals surface area contributed by atoms with Gasteiger partial charge in [-0.25, -0.2) is 4.79 Å². The van der Waals surface area contributed by atoms with E-state index in [0.717, 1.165) is 11.1 Å². The third-order valence-electron chi connectivity index (χ3n) is 2.92. The smallest absolute Gasteiger partial charge is 0.354 e. The number of hydrogen-bond donors (Lipinski definition) is 1. The molecule has 0 aliphatic rings. The van der Waals surface area contributed by atoms with Crippen molar-refractivity contribution in [1.82, 2.24) is 0 Å². The van der Waals surface area contributed by atoms with Crippen LogP contribution >= 0.6 is 15.9 Å². The summed E-state index contributed by atoms with van der Waals surface area (Å²) < 4.78 is 3.03. The minimum absolute atomic E-state index is 0.217. The summed E-state index contributed by atoms with van der Waals surface area (Å²) in [4.78, 5) is 11.7. The first-order chi connectivity index (χ1) is 9.55. The minimum atomic E-state index is -1.81. The number of rotatable bonds is 4. The quantitative estimate of drug-likeness (QED) is 0.688. The Morgan fingerprint density at radius 2 is 1.65 bits per heavy atom. The Labute approximate surface area is 126 Å². The van der Waals surface area contributed by atoms with Crippen LogP contribution < -0.4 is 0 Å². The summed E-state index contributed by atoms with van der Waals surface area (Å²) in [5.41, 5.74) is 2.53. The molecule has 0 amide bonds. The molecular weight excluding hydrogens is 320 g/mol. The van der Waals surface area contributed by atoms with E-state index < -0.39 is 10.5 Å². The fourth-order valence-electron chi connectivity index (χ4n) is 1.86. The van der Waals surface area contributed by atoms with Crippen LogP contribution in [0.4, 0.5) is 0 Å². The van der Waals surface area contributed by atoms with Gasteiger partial charge in [0.15, 0.2) is 0 Å². The molecular formula is C16H15BrO3. The molecule has 0 bridgehead atoms. The summed E-state index contributed by atoms with van der Waals surface area (Å²) in [5.74, 6) is -0.715. The van der Waals surface area contributed by atoms with E-state index in [1.165, 1.54) is 0 Å². The topological polar surface area (TPSA) is 46.5 Å². The average molecular weight is 335 g/mol. The van der Waals surface area contributed by atoms with Crippen LogP contribution in [0.1, 0.15) is 12.5 Å². The number of alkyl halides is 1. The van der Waals surface area contributed by atoms with Crippen LogP contribution in [0.5, 0.6) is 0 Å². The highest BCUT2D eigenvalue weighted by Crippen LogP contribution is 2.31. The van der Waals surface area contributed by atoms with Crippen molar-refractivity contribution in [3.8, 4) is 11.1 Å². The lowest BCUT2D eigenvalue weighted by Gasteiger charge is -2.19. The van der Waals surface area contributed by atoms with Crippen molar-refractivity contribution < 1.29 is 14.6 Å². The highest BCUT2D eigenvalue weighted by Gasteiger charge is 2.36. The molecule has 104 valence electrons. The number of esters is 1. The maximum atomic E-state index is 11.7. The highest BCUT2D eigenvalue weighted by atomic mass is 79.9. The van der Waals surface area contributed by atoms with Crippen LogP contribution in [0.2, 0.25) is 0 Å². The largest absolute Gasteiger partial charge is 0.463 e. The Hall–Kier alpha value is -1.65. The van der Waals surface area contributed by atoms with E-state index in [1.807, 2.05) is 42.5 Å². The Morgan fingerprint density at radius 3 is 2.20 bits per heavy atom. The maximum Gasteiger partial charge on any atom is 0.354 e. The van der Waals surface area contributed by atoms with Crippen LogP contribution in [0.25, 0.3) is 11.1 Å². The van der Waals surface area contributed by atoms with E-state index in [0.29, 0.717) is 5.56 Å². The fourth-order valence-corrected chi connectivity index (χ4v) is 2.24. The lowest BCUT2D eigenvalue weighted by atomic mass is 10.0. The minimum Gasteiger partial charge on any atom is -0.463 e. The maximum absolute atomic E-state index is 11.7. The van der Waals surface area contributed by atoms with Gasteiger partial charge in [-0.1, -0.05) is 54.6 Å². The molecule has 4 heteroatoms. The van der Waals surface area contributed by atoms with Crippen LogP contribution in [-0.4, -0.2) is 17.7 Å². The van der Waals surface area contributed by atoms with Gasteiger partial charge in [0.1, 0.15) is 0 Å². The van der Waals surface area contributed by atoms with E-state index in [4.69, 9.17) is 4.74 Å². The second-order valence-corrected chi connectivity index (χ2v) is 5.43. The van der Waals surface area contributed by atoms with Gasteiger partial charge >= 0.3 is 5.97 Å². The monoisotopic (exact) mass is 334 g/mol. The molecule has 1 atom stereocenters. The Balaban J connectivity index is 2.26. The van der Waals surface area contributed by atoms with Crippen molar-refractivity contribution in [2.45, 2.75) is 11.4 Å². The van der Waals surface area contributed by atoms with Gasteiger partial charge in [0, 0.05) is 5.56 Å². The van der Waals surface area contributed by atoms with Gasteiger partial charge in [0.25, 0.3) is 0 Å². The molecule has 2 aromatic carbocycles. The summed E-state index contributed by atoms with van der Waals surface area (Å²) in [7, 11) is 0. The Kier molecular flexibility index (Phi) is 4.57. The van der Waals surface area contributed by atoms with Crippen molar-refractivity contribution in [3.63, 3.8) is 0 Å². The summed E-state index contributed by atoms with van der Waals surface area (Å²) in [6.07, 6.45) is 0. The molecule has 1 unspecified atom stereocenters. The van der Waals surface area contributed by atoms with Crippen molar-refractivity contribution in [2.75, 3.05) is 6.61 Å². The van der Waals surface area contributed by atoms with Gasteiger partial charge in [-0.3, -0.25) is 0 Å². The number of carbonyl (C=O) groups excluding carboxylic acids is 1. The molecule has 2 rings (SSSR count). The molecule has 0 fully saturated rings. The second kappa shape index (κ2) is 6.20. The standard InChI is InChI=1S/C16H15BrO3/c1-2-20-15(18)16(17,19)14-10-8-13(9-11-14)12-6-4-3-5-7-12/h3-11,19H,2H2,1H3. The molecule has 0 aliphatic carbocycles. The SMILES string of the molecule is CCOC(=O)C(O)(Br)c1ccc(-c2ccccc2)cc1. The molecule has 20 heavy (non-hydrogen) atoms. The molecule has 0 saturated heterocycles. The van der Waals surface area contributed by atoms with Crippen molar-refractivity contribution in [1.29, 1.82) is 0 Å². The predicted octanol–water partition coefficient (Wildman–Crippen LogP) is 3.46. The lowest BCUT2D eigenvalue weighted by Crippen LogP contribution is -2.30. The predicted molar refractivity (Wildman–Crippen MR) is 81.3 cm³/mol. The fraction of sp³-hybridized carbons (Fsp3) is 0.188. The van der Waals surface area contributed by atoms with Gasteiger partial charge in [0.05, 0.1) is 6.61 Å². The van der Waals surface area contributed by atoms with E-state index in [1.54, 1.807) is 19.1 Å². The summed E-state index contributed by atoms with van der Waals surface area (Å²) >= 11 is 3.02. The molecule has 3 nitrogen and oxygen atoms in total. The zero-order chi connectivity index (χ0) is 14.6. The Morgan fingerprint density at radius 1 is 1.10 bits per heavy atom. The van der Waals surface area contributed by atoms with Gasteiger partial charge in [0.2, 0.25) is 4.51 Å². The molecule has 2 aromatic rings. The third-order valence-corrected chi connectivity index (χ3v) is 3.70. The molecule has 0 spiro atoms. The number of aliphatic hydroxyl groups is 1. The zero-order valence-corrected chi connectivity index (χ0v) is 12.6. The normalized spacial score (nSPS) is 13.6. The summed E-state index contributed by atoms with van der Waals surface area (Å²) in [5, 5.41) is 10.2. The lowest BCUT2D eigenvalue weighted by molar-refractivity contribution is -0.155. The zero-order valence-electron chi connectivity index (χ0n) is 11.0. The van der Waals surface area contributed by atoms with Crippen molar-refractivity contribution >= 4 is 21.9 Å². The van der Waals surface area contributed by atoms with Crippen LogP contribution in [-0.2, 0) is 14.0 Å². The molecule has 0 saturated carbocycles. The number of benzene rings is 2. The van der Waals surface area contributed by atoms with Crippen molar-refractivity contribution in [3.05, 3.63) is 60.2 Å². The van der Waals surface area contributed by atoms with Gasteiger partial charge in [-0.05, 0) is 34.0 Å². The van der Waals surface area contributed by atoms with Gasteiger partial charge < -0.3 is 9.84 Å². The van der Waals surface area contributed by atoms with E-state index in [2.05, 4.69) is 15.9 Å². The van der Waals surface area contributed by atoms with E-state index >= 15 is 0 Å². The molecule has 0 heterocycles. The molecule has 1 N–H and O–H groups in total. The summed E-state index contributed by atoms with van der Waals surface area (Å²) in [6.45, 7) is 1.91. The van der Waals surface area contributed by atoms with E-state index in [9.17, 15) is 9.90 Å². The van der Waals surface area contributed by atoms with Crippen LogP contribution in [0.15, 0.2) is 54.6 Å². The van der Waals surface area contributed by atoms with Gasteiger partial charge in [-0.15, -0.1) is 0 Å². The van der Waals surface area contributed by atoms with Gasteiger partial charge in [-0.2, -0.15) is 0 Å². The molecule has 0 aliphatic heterocycles. The summed E-state index contributed by atoms with van der Waals surface area (Å²) in [6, 6.07) is 17.0. The Bertz CT molecular complexity index is 576. The number of ether oxygens (including phenoxy) is 1. The second-order valence-electron chi connectivity index (χ2n) is 4.29.